The van der Waals surface area contributed by atoms with Gasteiger partial charge in [-0.2, -0.15) is 0 Å². The van der Waals surface area contributed by atoms with Crippen molar-refractivity contribution < 1.29 is 8.42 Å². The molecule has 0 bridgehead atoms. The first-order valence-electron chi connectivity index (χ1n) is 9.09. The Morgan fingerprint density at radius 2 is 1.62 bits per heavy atom. The van der Waals surface area contributed by atoms with Gasteiger partial charge in [0, 0.05) is 43.5 Å². The van der Waals surface area contributed by atoms with Crippen LogP contribution in [0.4, 0.5) is 5.69 Å². The Morgan fingerprint density at radius 1 is 0.962 bits per heavy atom. The molecule has 0 aliphatic heterocycles. The lowest BCUT2D eigenvalue weighted by Crippen LogP contribution is -2.25. The van der Waals surface area contributed by atoms with Crippen molar-refractivity contribution in [1.29, 1.82) is 0 Å². The van der Waals surface area contributed by atoms with Crippen molar-refractivity contribution >= 4 is 26.5 Å². The smallest absolute Gasteiger partial charge is 0.241 e. The minimum atomic E-state index is -3.53. The number of sulfonamides is 1. The van der Waals surface area contributed by atoms with E-state index in [4.69, 9.17) is 6.42 Å². The van der Waals surface area contributed by atoms with Crippen molar-refractivity contribution in [1.82, 2.24) is 4.72 Å². The van der Waals surface area contributed by atoms with Gasteiger partial charge in [0.05, 0.1) is 4.90 Å². The number of nitrogens with one attached hydrogen (secondary N) is 1. The molecule has 2 aromatic carbocycles. The molecule has 4 nitrogen and oxygen atoms in total. The van der Waals surface area contributed by atoms with E-state index in [2.05, 4.69) is 10.6 Å². The highest BCUT2D eigenvalue weighted by Crippen LogP contribution is 2.30. The van der Waals surface area contributed by atoms with Crippen LogP contribution in [-0.4, -0.2) is 29.1 Å². The number of benzene rings is 2. The fourth-order valence-corrected chi connectivity index (χ4v) is 4.35. The Morgan fingerprint density at radius 3 is 2.35 bits per heavy atom. The number of hydrogen-bond donors (Lipinski definition) is 1. The second-order valence-electron chi connectivity index (χ2n) is 6.64. The van der Waals surface area contributed by atoms with Gasteiger partial charge in [0.1, 0.15) is 0 Å². The zero-order chi connectivity index (χ0) is 19.0. The zero-order valence-electron chi connectivity index (χ0n) is 15.7. The van der Waals surface area contributed by atoms with Gasteiger partial charge in [-0.05, 0) is 25.0 Å². The molecular weight excluding hydrogens is 344 g/mol. The van der Waals surface area contributed by atoms with Crippen LogP contribution in [0.1, 0.15) is 38.5 Å². The molecule has 0 saturated heterocycles. The van der Waals surface area contributed by atoms with Gasteiger partial charge in [0.25, 0.3) is 0 Å². The van der Waals surface area contributed by atoms with E-state index in [1.54, 1.807) is 12.1 Å². The molecule has 0 saturated carbocycles. The quantitative estimate of drug-likeness (QED) is 0.503. The molecule has 0 fully saturated rings. The lowest BCUT2D eigenvalue weighted by atomic mass is 10.1. The first-order valence-corrected chi connectivity index (χ1v) is 10.6. The average Bonchev–Trinajstić information content (AvgIpc) is 2.62. The van der Waals surface area contributed by atoms with E-state index in [-0.39, 0.29) is 0 Å². The van der Waals surface area contributed by atoms with Crippen LogP contribution in [0, 0.1) is 12.3 Å². The molecule has 140 valence electrons. The van der Waals surface area contributed by atoms with E-state index < -0.39 is 10.0 Å². The minimum absolute atomic E-state index is 0.340. The standard InChI is InChI=1S/C21H28N2O2S/c1-4-5-6-7-8-9-10-17-22-26(24,25)21-16-12-13-18-19(21)14-11-15-20(18)23(2)3/h1,11-16,22H,5-10,17H2,2-3H3. The molecule has 0 atom stereocenters. The zero-order valence-corrected chi connectivity index (χ0v) is 16.5. The van der Waals surface area contributed by atoms with E-state index in [0.29, 0.717) is 11.4 Å². The molecule has 26 heavy (non-hydrogen) atoms. The van der Waals surface area contributed by atoms with Crippen LogP contribution in [-0.2, 0) is 10.0 Å². The number of nitrogens with zero attached hydrogens (tertiary/aromatic N) is 1. The van der Waals surface area contributed by atoms with Crippen LogP contribution in [0.3, 0.4) is 0 Å². The van der Waals surface area contributed by atoms with Crippen LogP contribution in [0.15, 0.2) is 41.3 Å². The molecule has 0 aromatic heterocycles. The third-order valence-electron chi connectivity index (χ3n) is 4.42. The van der Waals surface area contributed by atoms with E-state index >= 15 is 0 Å². The second kappa shape index (κ2) is 9.61. The third-order valence-corrected chi connectivity index (χ3v) is 5.94. The Bertz CT molecular complexity index is 867. The van der Waals surface area contributed by atoms with Crippen molar-refractivity contribution in [3.8, 4) is 12.3 Å². The Hall–Kier alpha value is -2.03. The van der Waals surface area contributed by atoms with Crippen molar-refractivity contribution in [2.24, 2.45) is 0 Å². The molecule has 2 rings (SSSR count). The van der Waals surface area contributed by atoms with Crippen LogP contribution >= 0.6 is 0 Å². The van der Waals surface area contributed by atoms with Gasteiger partial charge in [-0.1, -0.05) is 43.5 Å². The number of hydrogen-bond acceptors (Lipinski definition) is 3. The van der Waals surface area contributed by atoms with Crippen LogP contribution in [0.5, 0.6) is 0 Å². The van der Waals surface area contributed by atoms with Gasteiger partial charge in [0.2, 0.25) is 10.0 Å². The molecule has 0 unspecified atom stereocenters. The summed E-state index contributed by atoms with van der Waals surface area (Å²) in [5.41, 5.74) is 1.01. The SMILES string of the molecule is C#CCCCCCCCNS(=O)(=O)c1cccc2c(N(C)C)cccc12. The van der Waals surface area contributed by atoms with Gasteiger partial charge < -0.3 is 4.90 Å². The average molecular weight is 373 g/mol. The summed E-state index contributed by atoms with van der Waals surface area (Å²) in [4.78, 5) is 2.33. The highest BCUT2D eigenvalue weighted by Gasteiger charge is 2.17. The molecule has 0 aliphatic carbocycles. The maximum Gasteiger partial charge on any atom is 0.241 e. The summed E-state index contributed by atoms with van der Waals surface area (Å²) in [5.74, 6) is 2.64. The molecule has 0 spiro atoms. The molecule has 2 aromatic rings. The minimum Gasteiger partial charge on any atom is -0.377 e. The van der Waals surface area contributed by atoms with E-state index in [0.717, 1.165) is 55.0 Å². The number of unbranched alkanes of at least 4 members (excludes halogenated alkanes) is 5. The third kappa shape index (κ3) is 5.23. The largest absolute Gasteiger partial charge is 0.377 e. The molecule has 5 heteroatoms. The van der Waals surface area contributed by atoms with Gasteiger partial charge in [-0.25, -0.2) is 13.1 Å². The summed E-state index contributed by atoms with van der Waals surface area (Å²) in [6.07, 6.45) is 11.1. The van der Waals surface area contributed by atoms with E-state index in [1.165, 1.54) is 0 Å². The predicted molar refractivity (Wildman–Crippen MR) is 110 cm³/mol. The first kappa shape index (κ1) is 20.3. The maximum absolute atomic E-state index is 12.8. The highest BCUT2D eigenvalue weighted by atomic mass is 32.2. The van der Waals surface area contributed by atoms with Crippen molar-refractivity contribution in [3.63, 3.8) is 0 Å². The molecule has 0 heterocycles. The van der Waals surface area contributed by atoms with Crippen molar-refractivity contribution in [2.75, 3.05) is 25.5 Å². The molecule has 1 N–H and O–H groups in total. The van der Waals surface area contributed by atoms with E-state index in [1.807, 2.05) is 43.3 Å². The topological polar surface area (TPSA) is 49.4 Å². The fourth-order valence-electron chi connectivity index (χ4n) is 3.06. The van der Waals surface area contributed by atoms with Crippen LogP contribution < -0.4 is 9.62 Å². The highest BCUT2D eigenvalue weighted by molar-refractivity contribution is 7.89. The van der Waals surface area contributed by atoms with Gasteiger partial charge in [0.15, 0.2) is 0 Å². The number of terminal acetylenes is 1. The van der Waals surface area contributed by atoms with Crippen molar-refractivity contribution in [2.45, 2.75) is 43.4 Å². The summed E-state index contributed by atoms with van der Waals surface area (Å²) in [6.45, 7) is 0.460. The normalized spacial score (nSPS) is 11.4. The Balaban J connectivity index is 2.03. The lowest BCUT2D eigenvalue weighted by Gasteiger charge is -2.17. The van der Waals surface area contributed by atoms with Gasteiger partial charge >= 0.3 is 0 Å². The molecule has 0 radical (unpaired) electrons. The number of fused-ring (bicyclic) bond motifs is 1. The van der Waals surface area contributed by atoms with Crippen LogP contribution in [0.2, 0.25) is 0 Å². The number of rotatable bonds is 10. The lowest BCUT2D eigenvalue weighted by molar-refractivity contribution is 0.570. The van der Waals surface area contributed by atoms with Gasteiger partial charge in [-0.15, -0.1) is 12.3 Å². The van der Waals surface area contributed by atoms with Crippen LogP contribution in [0.25, 0.3) is 10.8 Å². The summed E-state index contributed by atoms with van der Waals surface area (Å²) >= 11 is 0. The maximum atomic E-state index is 12.8. The summed E-state index contributed by atoms with van der Waals surface area (Å²) in [5, 5.41) is 1.69. The Kier molecular flexibility index (Phi) is 7.50. The summed E-state index contributed by atoms with van der Waals surface area (Å²) < 4.78 is 28.3. The van der Waals surface area contributed by atoms with Gasteiger partial charge in [-0.3, -0.25) is 0 Å². The Labute approximate surface area is 157 Å². The summed E-state index contributed by atoms with van der Waals surface area (Å²) in [7, 11) is 0.387. The summed E-state index contributed by atoms with van der Waals surface area (Å²) in [6, 6.07) is 11.2. The monoisotopic (exact) mass is 372 g/mol. The number of anilines is 1. The fraction of sp³-hybridized carbons (Fsp3) is 0.429. The second-order valence-corrected chi connectivity index (χ2v) is 8.38. The van der Waals surface area contributed by atoms with E-state index in [9.17, 15) is 8.42 Å². The molecular formula is C21H28N2O2S. The predicted octanol–water partition coefficient (Wildman–Crippen LogP) is 4.16. The van der Waals surface area contributed by atoms with Crippen molar-refractivity contribution in [3.05, 3.63) is 36.4 Å². The molecule has 0 aliphatic rings. The molecule has 0 amide bonds. The first-order chi connectivity index (χ1) is 12.5.